The first-order chi connectivity index (χ1) is 14.4. The number of benzene rings is 1. The van der Waals surface area contributed by atoms with Crippen LogP contribution in [0.25, 0.3) is 11.0 Å². The number of amides is 1. The maximum atomic E-state index is 13.0. The van der Waals surface area contributed by atoms with Crippen molar-refractivity contribution in [3.63, 3.8) is 0 Å². The minimum Gasteiger partial charge on any atom is -0.354 e. The number of anilines is 2. The third-order valence-corrected chi connectivity index (χ3v) is 5.62. The van der Waals surface area contributed by atoms with Crippen molar-refractivity contribution in [1.82, 2.24) is 19.7 Å². The highest BCUT2D eigenvalue weighted by Gasteiger charge is 2.22. The number of nitrogens with zero attached hydrogens (tertiary/aromatic N) is 5. The van der Waals surface area contributed by atoms with E-state index in [0.717, 1.165) is 66.3 Å². The molecule has 30 heavy (non-hydrogen) atoms. The highest BCUT2D eigenvalue weighted by atomic mass is 16.1. The van der Waals surface area contributed by atoms with Crippen molar-refractivity contribution in [2.45, 2.75) is 53.5 Å². The molecule has 0 unspecified atom stereocenters. The third-order valence-electron chi connectivity index (χ3n) is 5.62. The maximum Gasteiger partial charge on any atom is 0.230 e. The molecular weight excluding hydrogens is 376 g/mol. The van der Waals surface area contributed by atoms with Crippen LogP contribution in [0.15, 0.2) is 24.3 Å². The molecule has 0 bridgehead atoms. The van der Waals surface area contributed by atoms with Gasteiger partial charge in [0.05, 0.1) is 23.1 Å². The SMILES string of the molecule is Cc1nn(CC(C)C)c(C)c1CC(=O)Nc1nc2ccccc2nc1N1CCCC1. The molecule has 1 aliphatic heterocycles. The van der Waals surface area contributed by atoms with Gasteiger partial charge < -0.3 is 10.2 Å². The Bertz CT molecular complexity index is 1060. The van der Waals surface area contributed by atoms with Gasteiger partial charge in [-0.1, -0.05) is 26.0 Å². The first-order valence-corrected chi connectivity index (χ1v) is 10.8. The minimum absolute atomic E-state index is 0.0877. The van der Waals surface area contributed by atoms with E-state index < -0.39 is 0 Å². The molecular formula is C23H30N6O. The quantitative estimate of drug-likeness (QED) is 0.672. The van der Waals surface area contributed by atoms with Gasteiger partial charge in [0.2, 0.25) is 5.91 Å². The lowest BCUT2D eigenvalue weighted by atomic mass is 10.1. The lowest BCUT2D eigenvalue weighted by Gasteiger charge is -2.20. The second-order valence-electron chi connectivity index (χ2n) is 8.53. The maximum absolute atomic E-state index is 13.0. The first kappa shape index (κ1) is 20.3. The number of carbonyl (C=O) groups is 1. The van der Waals surface area contributed by atoms with Crippen LogP contribution in [0, 0.1) is 19.8 Å². The summed E-state index contributed by atoms with van der Waals surface area (Å²) in [5, 5.41) is 7.67. The van der Waals surface area contributed by atoms with Crippen molar-refractivity contribution in [1.29, 1.82) is 0 Å². The number of nitrogens with one attached hydrogen (secondary N) is 1. The molecule has 7 nitrogen and oxygen atoms in total. The molecule has 0 saturated carbocycles. The van der Waals surface area contributed by atoms with Gasteiger partial charge in [0.15, 0.2) is 11.6 Å². The topological polar surface area (TPSA) is 75.9 Å². The van der Waals surface area contributed by atoms with Crippen LogP contribution in [0.3, 0.4) is 0 Å². The fourth-order valence-corrected chi connectivity index (χ4v) is 4.07. The number of aromatic nitrogens is 4. The van der Waals surface area contributed by atoms with Crippen LogP contribution in [0.2, 0.25) is 0 Å². The summed E-state index contributed by atoms with van der Waals surface area (Å²) in [4.78, 5) is 24.8. The second-order valence-corrected chi connectivity index (χ2v) is 8.53. The number of carbonyl (C=O) groups excluding carboxylic acids is 1. The molecule has 7 heteroatoms. The van der Waals surface area contributed by atoms with Gasteiger partial charge in [-0.15, -0.1) is 0 Å². The van der Waals surface area contributed by atoms with E-state index >= 15 is 0 Å². The standard InChI is InChI=1S/C23H30N6O/c1-15(2)14-29-17(4)18(16(3)27-29)13-21(30)26-22-23(28-11-7-8-12-28)25-20-10-6-5-9-19(20)24-22/h5-6,9-10,15H,7-8,11-14H2,1-4H3,(H,24,26,30). The Morgan fingerprint density at radius 2 is 1.77 bits per heavy atom. The normalized spacial score (nSPS) is 14.1. The zero-order chi connectivity index (χ0) is 21.3. The number of fused-ring (bicyclic) bond motifs is 1. The first-order valence-electron chi connectivity index (χ1n) is 10.8. The van der Waals surface area contributed by atoms with E-state index in [1.54, 1.807) is 0 Å². The minimum atomic E-state index is -0.0877. The number of aryl methyl sites for hydroxylation is 1. The fourth-order valence-electron chi connectivity index (χ4n) is 4.07. The zero-order valence-electron chi connectivity index (χ0n) is 18.3. The Kier molecular flexibility index (Phi) is 5.70. The average Bonchev–Trinajstić information content (AvgIpc) is 3.32. The van der Waals surface area contributed by atoms with Gasteiger partial charge >= 0.3 is 0 Å². The molecule has 0 spiro atoms. The van der Waals surface area contributed by atoms with Crippen LogP contribution in [0.4, 0.5) is 11.6 Å². The van der Waals surface area contributed by atoms with Crippen molar-refractivity contribution in [2.24, 2.45) is 5.92 Å². The van der Waals surface area contributed by atoms with Crippen molar-refractivity contribution in [3.8, 4) is 0 Å². The molecule has 0 radical (unpaired) electrons. The van der Waals surface area contributed by atoms with E-state index in [9.17, 15) is 4.79 Å². The third kappa shape index (κ3) is 4.15. The van der Waals surface area contributed by atoms with E-state index in [1.807, 2.05) is 42.8 Å². The van der Waals surface area contributed by atoms with Crippen LogP contribution >= 0.6 is 0 Å². The lowest BCUT2D eigenvalue weighted by molar-refractivity contribution is -0.115. The van der Waals surface area contributed by atoms with E-state index in [-0.39, 0.29) is 12.3 Å². The molecule has 1 saturated heterocycles. The Morgan fingerprint density at radius 3 is 2.43 bits per heavy atom. The molecule has 1 fully saturated rings. The van der Waals surface area contributed by atoms with Crippen molar-refractivity contribution >= 4 is 28.6 Å². The Hall–Kier alpha value is -2.96. The summed E-state index contributed by atoms with van der Waals surface area (Å²) in [5.74, 6) is 1.73. The Morgan fingerprint density at radius 1 is 1.10 bits per heavy atom. The lowest BCUT2D eigenvalue weighted by Crippen LogP contribution is -2.24. The Labute approximate surface area is 177 Å². The summed E-state index contributed by atoms with van der Waals surface area (Å²) in [7, 11) is 0. The summed E-state index contributed by atoms with van der Waals surface area (Å²) < 4.78 is 2.01. The molecule has 1 N–H and O–H groups in total. The van der Waals surface area contributed by atoms with Crippen LogP contribution in [0.1, 0.15) is 43.6 Å². The van der Waals surface area contributed by atoms with Crippen LogP contribution in [-0.4, -0.2) is 38.7 Å². The molecule has 158 valence electrons. The van der Waals surface area contributed by atoms with Crippen LogP contribution in [0.5, 0.6) is 0 Å². The number of hydrogen-bond acceptors (Lipinski definition) is 5. The number of rotatable bonds is 6. The van der Waals surface area contributed by atoms with Crippen molar-refractivity contribution in [3.05, 3.63) is 41.2 Å². The predicted octanol–water partition coefficient (Wildman–Crippen LogP) is 3.88. The molecule has 1 amide bonds. The van der Waals surface area contributed by atoms with E-state index in [4.69, 9.17) is 9.97 Å². The fraction of sp³-hybridized carbons (Fsp3) is 0.478. The number of para-hydroxylation sites is 2. The summed E-state index contributed by atoms with van der Waals surface area (Å²) >= 11 is 0. The van der Waals surface area contributed by atoms with Crippen LogP contribution < -0.4 is 10.2 Å². The zero-order valence-corrected chi connectivity index (χ0v) is 18.3. The summed E-state index contributed by atoms with van der Waals surface area (Å²) in [6.45, 7) is 11.1. The van der Waals surface area contributed by atoms with Gasteiger partial charge in [-0.05, 0) is 44.7 Å². The molecule has 0 aliphatic carbocycles. The summed E-state index contributed by atoms with van der Waals surface area (Å²) in [5.41, 5.74) is 4.59. The smallest absolute Gasteiger partial charge is 0.230 e. The van der Waals surface area contributed by atoms with Gasteiger partial charge in [0, 0.05) is 30.9 Å². The van der Waals surface area contributed by atoms with E-state index in [2.05, 4.69) is 29.2 Å². The molecule has 1 aromatic carbocycles. The van der Waals surface area contributed by atoms with Gasteiger partial charge in [0.1, 0.15) is 0 Å². The van der Waals surface area contributed by atoms with Crippen LogP contribution in [-0.2, 0) is 17.8 Å². The molecule has 3 aromatic rings. The molecule has 4 rings (SSSR count). The highest BCUT2D eigenvalue weighted by Crippen LogP contribution is 2.28. The van der Waals surface area contributed by atoms with Crippen molar-refractivity contribution in [2.75, 3.05) is 23.3 Å². The monoisotopic (exact) mass is 406 g/mol. The van der Waals surface area contributed by atoms with E-state index in [0.29, 0.717) is 11.7 Å². The van der Waals surface area contributed by atoms with Crippen molar-refractivity contribution < 1.29 is 4.79 Å². The Balaban J connectivity index is 1.60. The molecule has 0 atom stereocenters. The van der Waals surface area contributed by atoms with Gasteiger partial charge in [-0.2, -0.15) is 5.10 Å². The highest BCUT2D eigenvalue weighted by molar-refractivity contribution is 5.95. The van der Waals surface area contributed by atoms with Gasteiger partial charge in [-0.25, -0.2) is 9.97 Å². The number of hydrogen-bond donors (Lipinski definition) is 1. The van der Waals surface area contributed by atoms with Gasteiger partial charge in [-0.3, -0.25) is 9.48 Å². The largest absolute Gasteiger partial charge is 0.354 e. The van der Waals surface area contributed by atoms with E-state index in [1.165, 1.54) is 0 Å². The molecule has 1 aliphatic rings. The van der Waals surface area contributed by atoms with Gasteiger partial charge in [0.25, 0.3) is 0 Å². The summed E-state index contributed by atoms with van der Waals surface area (Å²) in [6, 6.07) is 7.79. The molecule has 2 aromatic heterocycles. The second kappa shape index (κ2) is 8.42. The molecule has 3 heterocycles. The predicted molar refractivity (Wildman–Crippen MR) is 120 cm³/mol. The summed E-state index contributed by atoms with van der Waals surface area (Å²) in [6.07, 6.45) is 2.55. The average molecular weight is 407 g/mol.